The van der Waals surface area contributed by atoms with Gasteiger partial charge in [-0.25, -0.2) is 4.39 Å². The topological polar surface area (TPSA) is 26.0 Å². The van der Waals surface area contributed by atoms with Crippen LogP contribution in [0.4, 0.5) is 4.39 Å². The monoisotopic (exact) mass is 261 g/mol. The lowest BCUT2D eigenvalue weighted by atomic mass is 9.99. The Labute approximate surface area is 111 Å². The Morgan fingerprint density at radius 3 is 2.50 bits per heavy atom. The van der Waals surface area contributed by atoms with Crippen molar-refractivity contribution in [2.75, 3.05) is 6.26 Å². The number of thioether (sulfide) groups is 1. The van der Waals surface area contributed by atoms with Crippen molar-refractivity contribution in [1.29, 1.82) is 0 Å². The van der Waals surface area contributed by atoms with Gasteiger partial charge in [-0.05, 0) is 35.9 Å². The zero-order valence-electron chi connectivity index (χ0n) is 10.3. The highest BCUT2D eigenvalue weighted by Gasteiger charge is 2.12. The van der Waals surface area contributed by atoms with Crippen molar-refractivity contribution in [3.63, 3.8) is 0 Å². The molecule has 0 heterocycles. The lowest BCUT2D eigenvalue weighted by Gasteiger charge is -2.15. The first-order valence-electron chi connectivity index (χ1n) is 5.84. The van der Waals surface area contributed by atoms with E-state index in [2.05, 4.69) is 0 Å². The van der Waals surface area contributed by atoms with Crippen molar-refractivity contribution in [1.82, 2.24) is 0 Å². The van der Waals surface area contributed by atoms with Crippen molar-refractivity contribution < 1.29 is 4.39 Å². The molecule has 1 nitrogen and oxygen atoms in total. The third kappa shape index (κ3) is 2.92. The smallest absolute Gasteiger partial charge is 0.126 e. The van der Waals surface area contributed by atoms with E-state index in [1.807, 2.05) is 36.6 Å². The van der Waals surface area contributed by atoms with Crippen LogP contribution in [0, 0.1) is 5.82 Å². The zero-order valence-corrected chi connectivity index (χ0v) is 11.1. The van der Waals surface area contributed by atoms with E-state index < -0.39 is 0 Å². The Kier molecular flexibility index (Phi) is 4.39. The number of rotatable bonds is 4. The minimum absolute atomic E-state index is 0.175. The lowest BCUT2D eigenvalue weighted by Crippen LogP contribution is -2.15. The first-order chi connectivity index (χ1) is 8.72. The molecule has 0 aliphatic rings. The average molecular weight is 261 g/mol. The standard InChI is InChI=1S/C15H16FNS/c1-18-15-9-5-3-7-12(15)14(17)10-11-6-2-4-8-13(11)16/h2-9,14H,10,17H2,1H3. The molecule has 1 atom stereocenters. The molecule has 0 aliphatic heterocycles. The quantitative estimate of drug-likeness (QED) is 0.847. The van der Waals surface area contributed by atoms with Gasteiger partial charge in [0.1, 0.15) is 5.82 Å². The molecule has 1 unspecified atom stereocenters. The molecule has 3 heteroatoms. The molecular formula is C15H16FNS. The fourth-order valence-electron chi connectivity index (χ4n) is 1.98. The maximum absolute atomic E-state index is 13.6. The second-order valence-electron chi connectivity index (χ2n) is 4.14. The molecule has 0 aliphatic carbocycles. The minimum Gasteiger partial charge on any atom is -0.324 e. The first kappa shape index (κ1) is 13.1. The van der Waals surface area contributed by atoms with Gasteiger partial charge in [0.25, 0.3) is 0 Å². The van der Waals surface area contributed by atoms with Crippen molar-refractivity contribution in [3.8, 4) is 0 Å². The number of nitrogens with two attached hydrogens (primary N) is 1. The second kappa shape index (κ2) is 6.03. The SMILES string of the molecule is CSc1ccccc1C(N)Cc1ccccc1F. The summed E-state index contributed by atoms with van der Waals surface area (Å²) < 4.78 is 13.6. The second-order valence-corrected chi connectivity index (χ2v) is 4.99. The summed E-state index contributed by atoms with van der Waals surface area (Å²) in [7, 11) is 0. The third-order valence-electron chi connectivity index (χ3n) is 2.94. The van der Waals surface area contributed by atoms with Crippen molar-refractivity contribution in [3.05, 3.63) is 65.5 Å². The summed E-state index contributed by atoms with van der Waals surface area (Å²) in [6.07, 6.45) is 2.54. The molecule has 2 aromatic carbocycles. The predicted octanol–water partition coefficient (Wildman–Crippen LogP) is 3.79. The van der Waals surface area contributed by atoms with Gasteiger partial charge < -0.3 is 5.73 Å². The van der Waals surface area contributed by atoms with Crippen LogP contribution in [0.1, 0.15) is 17.2 Å². The van der Waals surface area contributed by atoms with E-state index in [0.29, 0.717) is 12.0 Å². The fourth-order valence-corrected chi connectivity index (χ4v) is 2.65. The van der Waals surface area contributed by atoms with Gasteiger partial charge in [0.05, 0.1) is 0 Å². The summed E-state index contributed by atoms with van der Waals surface area (Å²) in [5, 5.41) is 0. The molecule has 2 N–H and O–H groups in total. The highest BCUT2D eigenvalue weighted by Crippen LogP contribution is 2.27. The lowest BCUT2D eigenvalue weighted by molar-refractivity contribution is 0.591. The molecule has 0 radical (unpaired) electrons. The molecule has 94 valence electrons. The van der Waals surface area contributed by atoms with Gasteiger partial charge >= 0.3 is 0 Å². The van der Waals surface area contributed by atoms with E-state index in [1.54, 1.807) is 23.9 Å². The largest absolute Gasteiger partial charge is 0.324 e. The molecule has 0 bridgehead atoms. The molecule has 0 saturated carbocycles. The highest BCUT2D eigenvalue weighted by atomic mass is 32.2. The van der Waals surface area contributed by atoms with E-state index in [4.69, 9.17) is 5.73 Å². The first-order valence-corrected chi connectivity index (χ1v) is 7.06. The third-order valence-corrected chi connectivity index (χ3v) is 3.75. The van der Waals surface area contributed by atoms with Gasteiger partial charge in [-0.15, -0.1) is 11.8 Å². The van der Waals surface area contributed by atoms with Crippen LogP contribution < -0.4 is 5.73 Å². The van der Waals surface area contributed by atoms with Crippen LogP contribution in [-0.4, -0.2) is 6.26 Å². The molecule has 0 amide bonds. The predicted molar refractivity (Wildman–Crippen MR) is 75.3 cm³/mol. The van der Waals surface area contributed by atoms with Crippen LogP contribution in [0.5, 0.6) is 0 Å². The van der Waals surface area contributed by atoms with Crippen LogP contribution in [0.25, 0.3) is 0 Å². The average Bonchev–Trinajstić information content (AvgIpc) is 2.41. The summed E-state index contributed by atoms with van der Waals surface area (Å²) in [4.78, 5) is 1.15. The Hall–Kier alpha value is -1.32. The van der Waals surface area contributed by atoms with E-state index in [1.165, 1.54) is 6.07 Å². The Morgan fingerprint density at radius 1 is 1.11 bits per heavy atom. The van der Waals surface area contributed by atoms with Gasteiger partial charge in [-0.1, -0.05) is 36.4 Å². The van der Waals surface area contributed by atoms with Gasteiger partial charge in [-0.3, -0.25) is 0 Å². The Balaban J connectivity index is 2.22. The van der Waals surface area contributed by atoms with Gasteiger partial charge in [0, 0.05) is 10.9 Å². The summed E-state index contributed by atoms with van der Waals surface area (Å²) in [6.45, 7) is 0. The van der Waals surface area contributed by atoms with E-state index in [-0.39, 0.29) is 11.9 Å². The van der Waals surface area contributed by atoms with E-state index in [9.17, 15) is 4.39 Å². The molecule has 0 aromatic heterocycles. The van der Waals surface area contributed by atoms with Gasteiger partial charge in [-0.2, -0.15) is 0 Å². The number of benzene rings is 2. The summed E-state index contributed by atoms with van der Waals surface area (Å²) in [6, 6.07) is 14.6. The molecule has 18 heavy (non-hydrogen) atoms. The minimum atomic E-state index is -0.186. The van der Waals surface area contributed by atoms with Crippen LogP contribution >= 0.6 is 11.8 Å². The molecule has 2 rings (SSSR count). The maximum Gasteiger partial charge on any atom is 0.126 e. The highest BCUT2D eigenvalue weighted by molar-refractivity contribution is 7.98. The van der Waals surface area contributed by atoms with E-state index in [0.717, 1.165) is 10.5 Å². The van der Waals surface area contributed by atoms with Crippen molar-refractivity contribution in [2.24, 2.45) is 5.73 Å². The van der Waals surface area contributed by atoms with Crippen LogP contribution in [0.2, 0.25) is 0 Å². The molecular weight excluding hydrogens is 245 g/mol. The Morgan fingerprint density at radius 2 is 1.78 bits per heavy atom. The Bertz CT molecular complexity index is 527. The number of halogens is 1. The van der Waals surface area contributed by atoms with Crippen LogP contribution in [0.3, 0.4) is 0 Å². The molecule has 0 fully saturated rings. The van der Waals surface area contributed by atoms with E-state index >= 15 is 0 Å². The molecule has 0 saturated heterocycles. The van der Waals surface area contributed by atoms with Crippen molar-refractivity contribution in [2.45, 2.75) is 17.4 Å². The fraction of sp³-hybridized carbons (Fsp3) is 0.200. The summed E-state index contributed by atoms with van der Waals surface area (Å²) >= 11 is 1.66. The number of hydrogen-bond donors (Lipinski definition) is 1. The van der Waals surface area contributed by atoms with Gasteiger partial charge in [0.2, 0.25) is 0 Å². The van der Waals surface area contributed by atoms with Gasteiger partial charge in [0.15, 0.2) is 0 Å². The normalized spacial score (nSPS) is 12.4. The van der Waals surface area contributed by atoms with Crippen molar-refractivity contribution >= 4 is 11.8 Å². The van der Waals surface area contributed by atoms with Crippen LogP contribution in [-0.2, 0) is 6.42 Å². The number of hydrogen-bond acceptors (Lipinski definition) is 2. The zero-order chi connectivity index (χ0) is 13.0. The molecule has 2 aromatic rings. The van der Waals surface area contributed by atoms with Crippen LogP contribution in [0.15, 0.2) is 53.4 Å². The summed E-state index contributed by atoms with van der Waals surface area (Å²) in [5.41, 5.74) is 7.94. The molecule has 0 spiro atoms. The maximum atomic E-state index is 13.6. The summed E-state index contributed by atoms with van der Waals surface area (Å²) in [5.74, 6) is -0.186.